The minimum absolute atomic E-state index is 0.0561. The molecule has 3 aromatic carbocycles. The summed E-state index contributed by atoms with van der Waals surface area (Å²) in [5.74, 6) is 0.396. The van der Waals surface area contributed by atoms with Crippen LogP contribution in [0.25, 0.3) is 23.3 Å². The van der Waals surface area contributed by atoms with E-state index in [0.29, 0.717) is 43.1 Å². The third-order valence-electron chi connectivity index (χ3n) is 10.2. The molecule has 4 aromatic rings. The number of hydrogen-bond donors (Lipinski definition) is 2. The highest BCUT2D eigenvalue weighted by molar-refractivity contribution is 6.04. The van der Waals surface area contributed by atoms with Gasteiger partial charge in [0.05, 0.1) is 18.8 Å². The lowest BCUT2D eigenvalue weighted by molar-refractivity contribution is -0.137. The Kier molecular flexibility index (Phi) is 12.0. The Hall–Kier alpha value is -5.22. The van der Waals surface area contributed by atoms with Crippen LogP contribution in [-0.2, 0) is 19.3 Å². The first-order valence-corrected chi connectivity index (χ1v) is 18.0. The zero-order valence-electron chi connectivity index (χ0n) is 30.7. The van der Waals surface area contributed by atoms with E-state index in [2.05, 4.69) is 20.1 Å². The average Bonchev–Trinajstić information content (AvgIpc) is 3.82. The molecular formula is C42H44F3N5O4. The van der Waals surface area contributed by atoms with E-state index < -0.39 is 17.6 Å². The number of aliphatic hydroxyl groups is 1. The van der Waals surface area contributed by atoms with Crippen LogP contribution in [0.2, 0.25) is 0 Å². The monoisotopic (exact) mass is 739 g/mol. The van der Waals surface area contributed by atoms with Crippen molar-refractivity contribution in [1.82, 2.24) is 14.8 Å². The van der Waals surface area contributed by atoms with Crippen molar-refractivity contribution in [2.45, 2.75) is 58.5 Å². The number of β-amino-alcohol motifs (C(OH)–C–C–N with tert-alkyl or cyclic N) is 1. The van der Waals surface area contributed by atoms with E-state index in [9.17, 15) is 23.1 Å². The molecule has 1 atom stereocenters. The fourth-order valence-electron chi connectivity index (χ4n) is 7.22. The predicted molar refractivity (Wildman–Crippen MR) is 202 cm³/mol. The van der Waals surface area contributed by atoms with Gasteiger partial charge in [0.1, 0.15) is 23.3 Å². The Labute approximate surface area is 313 Å². The largest absolute Gasteiger partial charge is 0.496 e. The summed E-state index contributed by atoms with van der Waals surface area (Å²) in [7, 11) is 1.54. The highest BCUT2D eigenvalue weighted by Crippen LogP contribution is 2.39. The van der Waals surface area contributed by atoms with Crippen molar-refractivity contribution in [2.75, 3.05) is 45.2 Å². The van der Waals surface area contributed by atoms with E-state index >= 15 is 0 Å². The van der Waals surface area contributed by atoms with Gasteiger partial charge in [-0.15, -0.1) is 0 Å². The Balaban J connectivity index is 1.25. The van der Waals surface area contributed by atoms with Crippen molar-refractivity contribution in [3.63, 3.8) is 0 Å². The summed E-state index contributed by atoms with van der Waals surface area (Å²) >= 11 is 0. The summed E-state index contributed by atoms with van der Waals surface area (Å²) < 4.78 is 54.6. The summed E-state index contributed by atoms with van der Waals surface area (Å²) in [5, 5.41) is 22.0. The minimum Gasteiger partial charge on any atom is -0.496 e. The standard InChI is InChI=1S/C42H44F3N5O4/c1-27-29(12-13-30-21-40(54-19-15-46)31(20-36(30)42(43,44)45)24-49-16-4-5-17-49)8-6-9-34(27)35-10-7-11-37(28(35)2)48-41(52)38-22-39(53-3)32(23-47-38)25-50-18-14-33(51)26-50/h6-13,20-23,33,51H,4-5,14,16-19,24-26H2,1-3H3,(H,48,52)/b13-12+/t33-/m1/s1. The summed E-state index contributed by atoms with van der Waals surface area (Å²) in [6.07, 6.45) is 2.48. The number of halogens is 3. The van der Waals surface area contributed by atoms with Gasteiger partial charge in [0.25, 0.3) is 5.91 Å². The van der Waals surface area contributed by atoms with Crippen molar-refractivity contribution in [2.24, 2.45) is 0 Å². The average molecular weight is 740 g/mol. The highest BCUT2D eigenvalue weighted by Gasteiger charge is 2.34. The number of amides is 1. The molecule has 0 radical (unpaired) electrons. The molecule has 282 valence electrons. The third-order valence-corrected chi connectivity index (χ3v) is 10.2. The van der Waals surface area contributed by atoms with E-state index in [1.165, 1.54) is 12.1 Å². The van der Waals surface area contributed by atoms with Gasteiger partial charge >= 0.3 is 6.18 Å². The fourth-order valence-corrected chi connectivity index (χ4v) is 7.22. The number of pyridine rings is 1. The number of alkyl halides is 3. The van der Waals surface area contributed by atoms with Crippen LogP contribution in [0.4, 0.5) is 18.9 Å². The zero-order valence-corrected chi connectivity index (χ0v) is 30.7. The van der Waals surface area contributed by atoms with Crippen molar-refractivity contribution >= 4 is 23.7 Å². The quantitative estimate of drug-likeness (QED) is 0.141. The molecule has 3 heterocycles. The number of nitriles is 1. The van der Waals surface area contributed by atoms with E-state index in [0.717, 1.165) is 71.9 Å². The maximum absolute atomic E-state index is 14.4. The first-order valence-electron chi connectivity index (χ1n) is 18.0. The van der Waals surface area contributed by atoms with Crippen LogP contribution in [0.5, 0.6) is 11.5 Å². The molecule has 2 N–H and O–H groups in total. The second kappa shape index (κ2) is 16.8. The van der Waals surface area contributed by atoms with Gasteiger partial charge in [0.15, 0.2) is 6.61 Å². The zero-order chi connectivity index (χ0) is 38.4. The van der Waals surface area contributed by atoms with Gasteiger partial charge in [-0.05, 0) is 97.8 Å². The molecule has 9 nitrogen and oxygen atoms in total. The van der Waals surface area contributed by atoms with Crippen molar-refractivity contribution in [3.05, 3.63) is 105 Å². The molecule has 2 aliphatic heterocycles. The minimum atomic E-state index is -4.60. The number of carbonyl (C=O) groups is 1. The molecule has 6 rings (SSSR count). The normalized spacial score (nSPS) is 16.5. The fraction of sp³-hybridized carbons (Fsp3) is 0.357. The molecular weight excluding hydrogens is 695 g/mol. The second-order valence-electron chi connectivity index (χ2n) is 13.8. The molecule has 12 heteroatoms. The van der Waals surface area contributed by atoms with Gasteiger partial charge in [0, 0.05) is 55.3 Å². The van der Waals surface area contributed by atoms with Gasteiger partial charge in [-0.3, -0.25) is 19.6 Å². The number of rotatable bonds is 12. The van der Waals surface area contributed by atoms with E-state index in [1.807, 2.05) is 50.2 Å². The molecule has 1 aromatic heterocycles. The van der Waals surface area contributed by atoms with Crippen LogP contribution in [0.3, 0.4) is 0 Å². The maximum atomic E-state index is 14.4. The van der Waals surface area contributed by atoms with Crippen LogP contribution >= 0.6 is 0 Å². The highest BCUT2D eigenvalue weighted by atomic mass is 19.4. The molecule has 2 saturated heterocycles. The molecule has 0 unspecified atom stereocenters. The first-order chi connectivity index (χ1) is 25.9. The number of likely N-dealkylation sites (tertiary alicyclic amines) is 2. The first kappa shape index (κ1) is 38.5. The van der Waals surface area contributed by atoms with Gasteiger partial charge < -0.3 is 19.9 Å². The summed E-state index contributed by atoms with van der Waals surface area (Å²) in [4.78, 5) is 22.0. The number of nitrogens with one attached hydrogen (secondary N) is 1. The summed E-state index contributed by atoms with van der Waals surface area (Å²) in [6, 6.07) is 17.3. The predicted octanol–water partition coefficient (Wildman–Crippen LogP) is 7.88. The SMILES string of the molecule is COc1cc(C(=O)Nc2cccc(-c3cccc(/C=C/c4cc(OCC#N)c(CN5CCCC5)cc4C(F)(F)F)c3C)c2C)ncc1CN1CC[C@@H](O)C1. The molecule has 54 heavy (non-hydrogen) atoms. The number of carbonyl (C=O) groups excluding carboxylic acids is 1. The number of aromatic nitrogens is 1. The van der Waals surface area contributed by atoms with Crippen molar-refractivity contribution in [1.29, 1.82) is 5.26 Å². The van der Waals surface area contributed by atoms with Crippen LogP contribution in [0, 0.1) is 25.2 Å². The lowest BCUT2D eigenvalue weighted by Crippen LogP contribution is -2.22. The third kappa shape index (κ3) is 8.93. The van der Waals surface area contributed by atoms with E-state index in [1.54, 1.807) is 31.5 Å². The van der Waals surface area contributed by atoms with Crippen LogP contribution in [0.1, 0.15) is 68.7 Å². The Morgan fingerprint density at radius 3 is 2.35 bits per heavy atom. The number of anilines is 1. The number of hydrogen-bond acceptors (Lipinski definition) is 8. The molecule has 2 fully saturated rings. The molecule has 0 saturated carbocycles. The maximum Gasteiger partial charge on any atom is 0.417 e. The molecule has 1 amide bonds. The lowest BCUT2D eigenvalue weighted by atomic mass is 9.92. The van der Waals surface area contributed by atoms with Gasteiger partial charge in [-0.2, -0.15) is 18.4 Å². The molecule has 0 aliphatic carbocycles. The lowest BCUT2D eigenvalue weighted by Gasteiger charge is -2.20. The molecule has 0 spiro atoms. The van der Waals surface area contributed by atoms with E-state index in [4.69, 9.17) is 14.7 Å². The Morgan fingerprint density at radius 1 is 0.963 bits per heavy atom. The topological polar surface area (TPSA) is 111 Å². The van der Waals surface area contributed by atoms with Crippen LogP contribution < -0.4 is 14.8 Å². The number of ether oxygens (including phenoxy) is 2. The van der Waals surface area contributed by atoms with E-state index in [-0.39, 0.29) is 29.7 Å². The number of methoxy groups -OCH3 is 1. The Morgan fingerprint density at radius 2 is 1.67 bits per heavy atom. The number of nitrogens with zero attached hydrogens (tertiary/aromatic N) is 4. The molecule has 2 aliphatic rings. The smallest absolute Gasteiger partial charge is 0.417 e. The van der Waals surface area contributed by atoms with Crippen LogP contribution in [-0.4, -0.2) is 71.8 Å². The Bertz CT molecular complexity index is 2070. The second-order valence-corrected chi connectivity index (χ2v) is 13.8. The van der Waals surface area contributed by atoms with Gasteiger partial charge in [0.2, 0.25) is 0 Å². The molecule has 0 bridgehead atoms. The van der Waals surface area contributed by atoms with Crippen molar-refractivity contribution in [3.8, 4) is 28.7 Å². The summed E-state index contributed by atoms with van der Waals surface area (Å²) in [6.45, 7) is 7.35. The van der Waals surface area contributed by atoms with Gasteiger partial charge in [-0.1, -0.05) is 42.5 Å². The van der Waals surface area contributed by atoms with Gasteiger partial charge in [-0.25, -0.2) is 0 Å². The van der Waals surface area contributed by atoms with Crippen LogP contribution in [0.15, 0.2) is 60.8 Å². The number of aliphatic hydroxyl groups excluding tert-OH is 1. The number of benzene rings is 3. The van der Waals surface area contributed by atoms with Crippen molar-refractivity contribution < 1.29 is 32.5 Å². The summed E-state index contributed by atoms with van der Waals surface area (Å²) in [5.41, 5.74) is 5.25.